The number of carbonyl (C=O) groups excluding carboxylic acids is 1. The van der Waals surface area contributed by atoms with E-state index >= 15 is 0 Å². The first-order chi connectivity index (χ1) is 8.42. The number of likely N-dealkylation sites (N-methyl/N-ethyl adjacent to an activating group) is 1. The van der Waals surface area contributed by atoms with Crippen molar-refractivity contribution in [3.05, 3.63) is 11.4 Å². The maximum absolute atomic E-state index is 12.2. The van der Waals surface area contributed by atoms with Gasteiger partial charge in [-0.1, -0.05) is 6.92 Å². The third-order valence-electron chi connectivity index (χ3n) is 3.51. The number of carbonyl (C=O) groups is 1. The zero-order valence-electron chi connectivity index (χ0n) is 12.0. The van der Waals surface area contributed by atoms with Crippen molar-refractivity contribution in [1.82, 2.24) is 14.7 Å². The molecule has 0 aliphatic carbocycles. The molecule has 0 saturated heterocycles. The van der Waals surface area contributed by atoms with Crippen molar-refractivity contribution in [1.29, 1.82) is 0 Å². The first kappa shape index (κ1) is 14.5. The summed E-state index contributed by atoms with van der Waals surface area (Å²) in [4.78, 5) is 14.1. The van der Waals surface area contributed by atoms with E-state index in [1.165, 1.54) is 0 Å². The van der Waals surface area contributed by atoms with Crippen molar-refractivity contribution in [2.75, 3.05) is 12.3 Å². The van der Waals surface area contributed by atoms with Crippen LogP contribution in [0, 0.1) is 13.8 Å². The summed E-state index contributed by atoms with van der Waals surface area (Å²) in [5, 5.41) is 4.30. The number of anilines is 1. The highest BCUT2D eigenvalue weighted by molar-refractivity contribution is 5.76. The molecule has 1 aromatic rings. The van der Waals surface area contributed by atoms with Crippen LogP contribution in [0.3, 0.4) is 0 Å². The molecule has 1 heterocycles. The van der Waals surface area contributed by atoms with Crippen LogP contribution < -0.4 is 5.73 Å². The molecule has 0 fully saturated rings. The standard InChI is InChI=1S/C13H24N4O/c1-6-9(3)16(7-2)12(18)8-17-11(5)13(14)10(4)15-17/h9H,6-8,14H2,1-5H3. The molecule has 0 radical (unpaired) electrons. The van der Waals surface area contributed by atoms with E-state index in [0.717, 1.165) is 24.4 Å². The monoisotopic (exact) mass is 252 g/mol. The average Bonchev–Trinajstić information content (AvgIpc) is 2.57. The smallest absolute Gasteiger partial charge is 0.244 e. The SMILES string of the molecule is CCC(C)N(CC)C(=O)Cn1nc(C)c(N)c1C. The molecule has 1 unspecified atom stereocenters. The van der Waals surface area contributed by atoms with E-state index in [-0.39, 0.29) is 18.5 Å². The van der Waals surface area contributed by atoms with Crippen molar-refractivity contribution in [3.8, 4) is 0 Å². The molecule has 1 amide bonds. The van der Waals surface area contributed by atoms with Crippen LogP contribution in [0.1, 0.15) is 38.6 Å². The summed E-state index contributed by atoms with van der Waals surface area (Å²) in [6, 6.07) is 0.261. The minimum Gasteiger partial charge on any atom is -0.396 e. The van der Waals surface area contributed by atoms with Gasteiger partial charge in [0.2, 0.25) is 5.91 Å². The Morgan fingerprint density at radius 3 is 2.44 bits per heavy atom. The Morgan fingerprint density at radius 1 is 1.44 bits per heavy atom. The number of nitrogens with two attached hydrogens (primary N) is 1. The van der Waals surface area contributed by atoms with Gasteiger partial charge in [0.1, 0.15) is 6.54 Å². The highest BCUT2D eigenvalue weighted by Crippen LogP contribution is 2.15. The number of aromatic nitrogens is 2. The second kappa shape index (κ2) is 5.89. The summed E-state index contributed by atoms with van der Waals surface area (Å²) in [6.07, 6.45) is 0.957. The molecule has 1 aromatic heterocycles. The number of hydrogen-bond donors (Lipinski definition) is 1. The molecule has 5 nitrogen and oxygen atoms in total. The third-order valence-corrected chi connectivity index (χ3v) is 3.51. The van der Waals surface area contributed by atoms with Crippen molar-refractivity contribution in [3.63, 3.8) is 0 Å². The second-order valence-electron chi connectivity index (χ2n) is 4.68. The Hall–Kier alpha value is -1.52. The highest BCUT2D eigenvalue weighted by atomic mass is 16.2. The van der Waals surface area contributed by atoms with Crippen LogP contribution >= 0.6 is 0 Å². The van der Waals surface area contributed by atoms with Crippen LogP contribution in [0.25, 0.3) is 0 Å². The van der Waals surface area contributed by atoms with E-state index in [9.17, 15) is 4.79 Å². The number of aryl methyl sites for hydroxylation is 1. The molecule has 1 atom stereocenters. The normalized spacial score (nSPS) is 12.5. The van der Waals surface area contributed by atoms with Crippen molar-refractivity contribution >= 4 is 11.6 Å². The minimum atomic E-state index is 0.0949. The second-order valence-corrected chi connectivity index (χ2v) is 4.68. The lowest BCUT2D eigenvalue weighted by Gasteiger charge is -2.27. The number of nitrogen functional groups attached to an aromatic ring is 1. The van der Waals surface area contributed by atoms with Crippen LogP contribution in [0.5, 0.6) is 0 Å². The number of nitrogens with zero attached hydrogens (tertiary/aromatic N) is 3. The molecule has 1 rings (SSSR count). The maximum Gasteiger partial charge on any atom is 0.244 e. The third kappa shape index (κ3) is 2.83. The van der Waals surface area contributed by atoms with Gasteiger partial charge in [-0.3, -0.25) is 9.48 Å². The summed E-state index contributed by atoms with van der Waals surface area (Å²) >= 11 is 0. The van der Waals surface area contributed by atoms with E-state index in [4.69, 9.17) is 5.73 Å². The number of amides is 1. The lowest BCUT2D eigenvalue weighted by molar-refractivity contribution is -0.133. The Balaban J connectivity index is 2.83. The van der Waals surface area contributed by atoms with Gasteiger partial charge >= 0.3 is 0 Å². The van der Waals surface area contributed by atoms with Crippen LogP contribution in [-0.2, 0) is 11.3 Å². The Bertz CT molecular complexity index is 425. The van der Waals surface area contributed by atoms with Crippen molar-refractivity contribution in [2.24, 2.45) is 0 Å². The lowest BCUT2D eigenvalue weighted by Crippen LogP contribution is -2.40. The molecule has 0 spiro atoms. The number of hydrogen-bond acceptors (Lipinski definition) is 3. The lowest BCUT2D eigenvalue weighted by atomic mass is 10.2. The molecule has 0 saturated carbocycles. The van der Waals surface area contributed by atoms with Crippen LogP contribution in [0.15, 0.2) is 0 Å². The molecule has 0 aliphatic rings. The Morgan fingerprint density at radius 2 is 2.06 bits per heavy atom. The first-order valence-corrected chi connectivity index (χ1v) is 6.51. The van der Waals surface area contributed by atoms with Gasteiger partial charge < -0.3 is 10.6 Å². The zero-order valence-corrected chi connectivity index (χ0v) is 12.0. The van der Waals surface area contributed by atoms with E-state index in [2.05, 4.69) is 18.9 Å². The van der Waals surface area contributed by atoms with Gasteiger partial charge in [0.25, 0.3) is 0 Å². The van der Waals surface area contributed by atoms with E-state index < -0.39 is 0 Å². The summed E-state index contributed by atoms with van der Waals surface area (Å²) in [7, 11) is 0. The predicted molar refractivity (Wildman–Crippen MR) is 73.3 cm³/mol. The molecule has 0 aromatic carbocycles. The molecule has 0 aliphatic heterocycles. The molecule has 0 bridgehead atoms. The average molecular weight is 252 g/mol. The molecule has 2 N–H and O–H groups in total. The van der Waals surface area contributed by atoms with Gasteiger partial charge in [0.15, 0.2) is 0 Å². The summed E-state index contributed by atoms with van der Waals surface area (Å²) in [5.74, 6) is 0.0949. The van der Waals surface area contributed by atoms with Gasteiger partial charge in [-0.05, 0) is 34.1 Å². The predicted octanol–water partition coefficient (Wildman–Crippen LogP) is 1.73. The molecular formula is C13H24N4O. The van der Waals surface area contributed by atoms with Crippen LogP contribution in [0.4, 0.5) is 5.69 Å². The van der Waals surface area contributed by atoms with Crippen LogP contribution in [0.2, 0.25) is 0 Å². The topological polar surface area (TPSA) is 64.2 Å². The van der Waals surface area contributed by atoms with Crippen molar-refractivity contribution in [2.45, 2.75) is 53.6 Å². The zero-order chi connectivity index (χ0) is 13.9. The number of rotatable bonds is 5. The van der Waals surface area contributed by atoms with Gasteiger partial charge in [-0.15, -0.1) is 0 Å². The van der Waals surface area contributed by atoms with Crippen molar-refractivity contribution < 1.29 is 4.79 Å². The Kier molecular flexibility index (Phi) is 4.76. The van der Waals surface area contributed by atoms with Gasteiger partial charge in [-0.25, -0.2) is 0 Å². The highest BCUT2D eigenvalue weighted by Gasteiger charge is 2.19. The quantitative estimate of drug-likeness (QED) is 0.868. The molecule has 18 heavy (non-hydrogen) atoms. The first-order valence-electron chi connectivity index (χ1n) is 6.51. The summed E-state index contributed by atoms with van der Waals surface area (Å²) < 4.78 is 1.69. The van der Waals surface area contributed by atoms with E-state index in [1.54, 1.807) is 4.68 Å². The fraction of sp³-hybridized carbons (Fsp3) is 0.692. The minimum absolute atomic E-state index is 0.0949. The van der Waals surface area contributed by atoms with Gasteiger partial charge in [0.05, 0.1) is 17.1 Å². The van der Waals surface area contributed by atoms with E-state index in [1.807, 2.05) is 25.7 Å². The molecular weight excluding hydrogens is 228 g/mol. The fourth-order valence-electron chi connectivity index (χ4n) is 2.04. The molecule has 102 valence electrons. The van der Waals surface area contributed by atoms with Gasteiger partial charge in [0, 0.05) is 12.6 Å². The maximum atomic E-state index is 12.2. The van der Waals surface area contributed by atoms with Gasteiger partial charge in [-0.2, -0.15) is 5.10 Å². The molecule has 5 heteroatoms. The largest absolute Gasteiger partial charge is 0.396 e. The van der Waals surface area contributed by atoms with Crippen LogP contribution in [-0.4, -0.2) is 33.2 Å². The fourth-order valence-corrected chi connectivity index (χ4v) is 2.04. The summed E-state index contributed by atoms with van der Waals surface area (Å²) in [6.45, 7) is 10.9. The summed E-state index contributed by atoms with van der Waals surface area (Å²) in [5.41, 5.74) is 8.19. The Labute approximate surface area is 109 Å². The van der Waals surface area contributed by atoms with E-state index in [0.29, 0.717) is 5.69 Å².